The minimum absolute atomic E-state index is 0.0447. The van der Waals surface area contributed by atoms with Gasteiger partial charge in [0.05, 0.1) is 32.9 Å². The number of halogens is 1. The smallest absolute Gasteiger partial charge is 0.339 e. The average molecular weight is 410 g/mol. The lowest BCUT2D eigenvalue weighted by Crippen LogP contribution is -2.15. The highest BCUT2D eigenvalue weighted by Gasteiger charge is 2.14. The van der Waals surface area contributed by atoms with Gasteiger partial charge >= 0.3 is 5.97 Å². The van der Waals surface area contributed by atoms with Gasteiger partial charge < -0.3 is 10.1 Å². The second-order valence-corrected chi connectivity index (χ2v) is 6.68. The zero-order chi connectivity index (χ0) is 19.8. The molecule has 2 aromatic rings. The molecule has 0 saturated heterocycles. The fourth-order valence-electron chi connectivity index (χ4n) is 1.93. The van der Waals surface area contributed by atoms with Crippen molar-refractivity contribution in [1.82, 2.24) is 4.98 Å². The molecule has 0 saturated carbocycles. The summed E-state index contributed by atoms with van der Waals surface area (Å²) < 4.78 is 5.05. The number of esters is 1. The lowest BCUT2D eigenvalue weighted by Gasteiger charge is -2.09. The van der Waals surface area contributed by atoms with Crippen molar-refractivity contribution in [2.75, 3.05) is 17.7 Å². The molecule has 0 unspecified atom stereocenters. The van der Waals surface area contributed by atoms with Gasteiger partial charge in [0.15, 0.2) is 0 Å². The summed E-state index contributed by atoms with van der Waals surface area (Å²) in [5.74, 6) is -0.832. The van der Waals surface area contributed by atoms with Gasteiger partial charge in [-0.15, -0.1) is 0 Å². The molecule has 0 bridgehead atoms. The van der Waals surface area contributed by atoms with Crippen LogP contribution in [0, 0.1) is 10.1 Å². The summed E-state index contributed by atoms with van der Waals surface area (Å²) in [7, 11) is 0. The van der Waals surface area contributed by atoms with Crippen molar-refractivity contribution in [3.05, 3.63) is 57.2 Å². The Kier molecular flexibility index (Phi) is 7.56. The van der Waals surface area contributed by atoms with Crippen molar-refractivity contribution in [3.63, 3.8) is 0 Å². The first-order valence-corrected chi connectivity index (χ1v) is 9.27. The highest BCUT2D eigenvalue weighted by Crippen LogP contribution is 2.23. The first-order valence-electron chi connectivity index (χ1n) is 7.90. The quantitative estimate of drug-likeness (QED) is 0.304. The Labute approximate surface area is 164 Å². The molecule has 27 heavy (non-hydrogen) atoms. The topological polar surface area (TPSA) is 111 Å². The summed E-state index contributed by atoms with van der Waals surface area (Å²) >= 11 is 7.14. The molecule has 2 rings (SSSR count). The molecule has 0 atom stereocenters. The molecule has 1 N–H and O–H groups in total. The van der Waals surface area contributed by atoms with E-state index in [2.05, 4.69) is 10.3 Å². The summed E-state index contributed by atoms with van der Waals surface area (Å²) in [4.78, 5) is 38.0. The first kappa shape index (κ1) is 20.7. The molecular formula is C17H16ClN3O5S. The Morgan fingerprint density at radius 2 is 2.11 bits per heavy atom. The largest absolute Gasteiger partial charge is 0.462 e. The van der Waals surface area contributed by atoms with Crippen molar-refractivity contribution >= 4 is 46.6 Å². The van der Waals surface area contributed by atoms with Crippen molar-refractivity contribution in [2.24, 2.45) is 0 Å². The molecule has 142 valence electrons. The number of anilines is 1. The molecule has 1 aromatic carbocycles. The number of nitrogens with one attached hydrogen (secondary N) is 1. The van der Waals surface area contributed by atoms with Gasteiger partial charge in [0.2, 0.25) is 5.91 Å². The molecular weight excluding hydrogens is 394 g/mol. The number of amides is 1. The van der Waals surface area contributed by atoms with Crippen molar-refractivity contribution in [2.45, 2.75) is 18.4 Å². The number of benzene rings is 1. The highest BCUT2D eigenvalue weighted by molar-refractivity contribution is 7.99. The van der Waals surface area contributed by atoms with E-state index in [1.165, 1.54) is 24.3 Å². The van der Waals surface area contributed by atoms with Crippen LogP contribution in [0.2, 0.25) is 5.02 Å². The van der Waals surface area contributed by atoms with Gasteiger partial charge in [-0.05, 0) is 30.7 Å². The third-order valence-electron chi connectivity index (χ3n) is 3.19. The predicted octanol–water partition coefficient (Wildman–Crippen LogP) is 3.94. The number of hydrogen-bond donors (Lipinski definition) is 1. The molecule has 0 spiro atoms. The van der Waals surface area contributed by atoms with Crippen molar-refractivity contribution < 1.29 is 19.2 Å². The number of ether oxygens (including phenoxy) is 1. The standard InChI is InChI=1S/C17H16ClN3O5S/c1-2-7-26-17(23)13-8-11(3-5-14(13)18)20-15(22)10-27-16-6-4-12(9-19-16)21(24)25/h3-6,8-9H,2,7,10H2,1H3,(H,20,22). The Morgan fingerprint density at radius 1 is 1.33 bits per heavy atom. The van der Waals surface area contributed by atoms with E-state index in [-0.39, 0.29) is 34.5 Å². The number of carbonyl (C=O) groups excluding carboxylic acids is 2. The van der Waals surface area contributed by atoms with Crippen LogP contribution in [0.1, 0.15) is 23.7 Å². The maximum absolute atomic E-state index is 12.1. The van der Waals surface area contributed by atoms with Gasteiger partial charge in [-0.2, -0.15) is 0 Å². The summed E-state index contributed by atoms with van der Waals surface area (Å²) in [6, 6.07) is 7.32. The van der Waals surface area contributed by atoms with Crippen LogP contribution in [0.15, 0.2) is 41.6 Å². The number of hydrogen-bond acceptors (Lipinski definition) is 7. The molecule has 0 fully saturated rings. The second kappa shape index (κ2) is 9.89. The SMILES string of the molecule is CCCOC(=O)c1cc(NC(=O)CSc2ccc([N+](=O)[O-])cn2)ccc1Cl. The monoisotopic (exact) mass is 409 g/mol. The summed E-state index contributed by atoms with van der Waals surface area (Å²) in [6.07, 6.45) is 1.82. The van der Waals surface area contributed by atoms with Crippen LogP contribution >= 0.6 is 23.4 Å². The van der Waals surface area contributed by atoms with Gasteiger partial charge in [-0.3, -0.25) is 14.9 Å². The molecule has 0 radical (unpaired) electrons. The minimum Gasteiger partial charge on any atom is -0.462 e. The first-order chi connectivity index (χ1) is 12.9. The summed E-state index contributed by atoms with van der Waals surface area (Å²) in [5, 5.41) is 14.0. The Hall–Kier alpha value is -2.65. The molecule has 10 heteroatoms. The van der Waals surface area contributed by atoms with Crippen LogP contribution < -0.4 is 5.32 Å². The number of aromatic nitrogens is 1. The number of thioether (sulfide) groups is 1. The third-order valence-corrected chi connectivity index (χ3v) is 4.46. The average Bonchev–Trinajstić information content (AvgIpc) is 2.66. The molecule has 1 aromatic heterocycles. The molecule has 0 aliphatic heterocycles. The van der Waals surface area contributed by atoms with Crippen LogP contribution in [0.4, 0.5) is 11.4 Å². The van der Waals surface area contributed by atoms with E-state index in [0.29, 0.717) is 17.1 Å². The van der Waals surface area contributed by atoms with E-state index in [1.54, 1.807) is 6.07 Å². The Balaban J connectivity index is 1.95. The van der Waals surface area contributed by atoms with Crippen LogP contribution in [0.3, 0.4) is 0 Å². The van der Waals surface area contributed by atoms with Crippen LogP contribution in [-0.2, 0) is 9.53 Å². The Bertz CT molecular complexity index is 845. The molecule has 8 nitrogen and oxygen atoms in total. The maximum atomic E-state index is 12.1. The molecule has 1 amide bonds. The third kappa shape index (κ3) is 6.22. The zero-order valence-electron chi connectivity index (χ0n) is 14.3. The number of nitrogens with zero attached hydrogens (tertiary/aromatic N) is 2. The number of pyridine rings is 1. The number of carbonyl (C=O) groups is 2. The summed E-state index contributed by atoms with van der Waals surface area (Å²) in [5.41, 5.74) is 0.463. The Morgan fingerprint density at radius 3 is 2.74 bits per heavy atom. The molecule has 0 aliphatic carbocycles. The predicted molar refractivity (Wildman–Crippen MR) is 102 cm³/mol. The number of rotatable bonds is 8. The maximum Gasteiger partial charge on any atom is 0.339 e. The van der Waals surface area contributed by atoms with Gasteiger partial charge in [-0.1, -0.05) is 30.3 Å². The molecule has 0 aliphatic rings. The van der Waals surface area contributed by atoms with Crippen molar-refractivity contribution in [3.8, 4) is 0 Å². The molecule has 1 heterocycles. The number of nitro groups is 1. The van der Waals surface area contributed by atoms with Crippen molar-refractivity contribution in [1.29, 1.82) is 0 Å². The highest BCUT2D eigenvalue weighted by atomic mass is 35.5. The van der Waals surface area contributed by atoms with Crippen LogP contribution in [-0.4, -0.2) is 34.1 Å². The van der Waals surface area contributed by atoms with E-state index < -0.39 is 10.9 Å². The van der Waals surface area contributed by atoms with Gasteiger partial charge in [-0.25, -0.2) is 9.78 Å². The van der Waals surface area contributed by atoms with Gasteiger partial charge in [0.25, 0.3) is 5.69 Å². The van der Waals surface area contributed by atoms with E-state index in [0.717, 1.165) is 18.0 Å². The van der Waals surface area contributed by atoms with E-state index in [4.69, 9.17) is 16.3 Å². The van der Waals surface area contributed by atoms with Gasteiger partial charge in [0.1, 0.15) is 6.20 Å². The zero-order valence-corrected chi connectivity index (χ0v) is 15.9. The van der Waals surface area contributed by atoms with E-state index in [9.17, 15) is 19.7 Å². The normalized spacial score (nSPS) is 10.3. The summed E-state index contributed by atoms with van der Waals surface area (Å²) in [6.45, 7) is 2.16. The van der Waals surface area contributed by atoms with Crippen LogP contribution in [0.5, 0.6) is 0 Å². The van der Waals surface area contributed by atoms with Crippen LogP contribution in [0.25, 0.3) is 0 Å². The van der Waals surface area contributed by atoms with E-state index >= 15 is 0 Å². The van der Waals surface area contributed by atoms with Gasteiger partial charge in [0, 0.05) is 11.8 Å². The fraction of sp³-hybridized carbons (Fsp3) is 0.235. The minimum atomic E-state index is -0.553. The lowest BCUT2D eigenvalue weighted by molar-refractivity contribution is -0.385. The van der Waals surface area contributed by atoms with E-state index in [1.807, 2.05) is 6.92 Å². The second-order valence-electron chi connectivity index (χ2n) is 5.28. The fourth-order valence-corrected chi connectivity index (χ4v) is 2.77. The lowest BCUT2D eigenvalue weighted by atomic mass is 10.2.